The highest BCUT2D eigenvalue weighted by Crippen LogP contribution is 2.08. The Morgan fingerprint density at radius 2 is 2.05 bits per heavy atom. The van der Waals surface area contributed by atoms with Crippen LogP contribution in [0.1, 0.15) is 5.56 Å². The predicted molar refractivity (Wildman–Crippen MR) is 69.5 cm³/mol. The number of rotatable bonds is 4. The van der Waals surface area contributed by atoms with Gasteiger partial charge in [0.05, 0.1) is 0 Å². The van der Waals surface area contributed by atoms with Crippen LogP contribution < -0.4 is 15.5 Å². The molecule has 98 valence electrons. The first-order valence-corrected chi connectivity index (χ1v) is 5.54. The molecule has 2 rings (SSSR count). The average Bonchev–Trinajstić information content (AvgIpc) is 2.38. The molecule has 0 radical (unpaired) electrons. The van der Waals surface area contributed by atoms with Crippen LogP contribution in [0.15, 0.2) is 47.4 Å². The van der Waals surface area contributed by atoms with E-state index in [1.165, 1.54) is 6.20 Å². The van der Waals surface area contributed by atoms with Gasteiger partial charge in [-0.3, -0.25) is 10.1 Å². The molecule has 19 heavy (non-hydrogen) atoms. The van der Waals surface area contributed by atoms with Crippen molar-refractivity contribution in [3.63, 3.8) is 0 Å². The molecule has 1 amide bonds. The van der Waals surface area contributed by atoms with E-state index >= 15 is 0 Å². The van der Waals surface area contributed by atoms with E-state index in [-0.39, 0.29) is 18.2 Å². The lowest BCUT2D eigenvalue weighted by Crippen LogP contribution is -2.13. The molecule has 0 spiro atoms. The van der Waals surface area contributed by atoms with Crippen LogP contribution in [0, 0.1) is 0 Å². The molecular weight excluding hydrogens is 248 g/mol. The number of nitrogens with one attached hydrogen (secondary N) is 2. The van der Waals surface area contributed by atoms with E-state index in [9.17, 15) is 9.59 Å². The highest BCUT2D eigenvalue weighted by Gasteiger charge is 2.04. The Balaban J connectivity index is 2.05. The Morgan fingerprint density at radius 3 is 2.68 bits per heavy atom. The lowest BCUT2D eigenvalue weighted by molar-refractivity contribution is 0.209. The average molecular weight is 260 g/mol. The summed E-state index contributed by atoms with van der Waals surface area (Å²) < 4.78 is 5.36. The van der Waals surface area contributed by atoms with Crippen LogP contribution >= 0.6 is 0 Å². The molecular formula is C13H12N2O4. The number of carboxylic acid groups (broad SMARTS) is 1. The second-order valence-corrected chi connectivity index (χ2v) is 3.78. The summed E-state index contributed by atoms with van der Waals surface area (Å²) in [5.74, 6) is 0.240. The summed E-state index contributed by atoms with van der Waals surface area (Å²) in [6.07, 6.45) is 0.0879. The molecule has 3 N–H and O–H groups in total. The van der Waals surface area contributed by atoms with Crippen molar-refractivity contribution in [2.24, 2.45) is 0 Å². The van der Waals surface area contributed by atoms with Crippen molar-refractivity contribution in [2.75, 3.05) is 5.32 Å². The summed E-state index contributed by atoms with van der Waals surface area (Å²) in [4.78, 5) is 24.7. The Morgan fingerprint density at radius 1 is 1.32 bits per heavy atom. The Labute approximate surface area is 108 Å². The second kappa shape index (κ2) is 5.72. The molecule has 0 fully saturated rings. The molecule has 0 aliphatic rings. The number of H-pyrrole nitrogens is 1. The van der Waals surface area contributed by atoms with Gasteiger partial charge in [0, 0.05) is 12.3 Å². The first-order chi connectivity index (χ1) is 9.15. The minimum atomic E-state index is -1.24. The summed E-state index contributed by atoms with van der Waals surface area (Å²) >= 11 is 0. The monoisotopic (exact) mass is 260 g/mol. The molecule has 1 heterocycles. The number of pyridine rings is 1. The van der Waals surface area contributed by atoms with Crippen LogP contribution in [0.25, 0.3) is 0 Å². The van der Waals surface area contributed by atoms with E-state index in [0.29, 0.717) is 0 Å². The molecule has 6 heteroatoms. The molecule has 6 nitrogen and oxygen atoms in total. The van der Waals surface area contributed by atoms with Crippen molar-refractivity contribution in [1.82, 2.24) is 4.98 Å². The first kappa shape index (κ1) is 12.7. The van der Waals surface area contributed by atoms with Crippen molar-refractivity contribution in [2.45, 2.75) is 6.61 Å². The SMILES string of the molecule is O=C(O)Nc1cc(=O)c(OCc2ccccc2)c[nH]1. The molecule has 1 aromatic heterocycles. The molecule has 0 aliphatic heterocycles. The van der Waals surface area contributed by atoms with Gasteiger partial charge in [0.2, 0.25) is 5.43 Å². The van der Waals surface area contributed by atoms with Gasteiger partial charge in [-0.1, -0.05) is 30.3 Å². The van der Waals surface area contributed by atoms with Crippen LogP contribution in [-0.4, -0.2) is 16.2 Å². The van der Waals surface area contributed by atoms with Crippen LogP contribution in [-0.2, 0) is 6.61 Å². The number of hydrogen-bond donors (Lipinski definition) is 3. The normalized spacial score (nSPS) is 9.89. The van der Waals surface area contributed by atoms with Gasteiger partial charge in [0.25, 0.3) is 0 Å². The van der Waals surface area contributed by atoms with Gasteiger partial charge < -0.3 is 14.8 Å². The zero-order chi connectivity index (χ0) is 13.7. The number of carbonyl (C=O) groups is 1. The maximum Gasteiger partial charge on any atom is 0.410 e. The molecule has 2 aromatic rings. The van der Waals surface area contributed by atoms with Crippen molar-refractivity contribution < 1.29 is 14.6 Å². The summed E-state index contributed by atoms with van der Waals surface area (Å²) in [5.41, 5.74) is 0.549. The van der Waals surface area contributed by atoms with E-state index in [4.69, 9.17) is 9.84 Å². The van der Waals surface area contributed by atoms with Crippen LogP contribution in [0.3, 0.4) is 0 Å². The highest BCUT2D eigenvalue weighted by atomic mass is 16.5. The fraction of sp³-hybridized carbons (Fsp3) is 0.0769. The number of aromatic amines is 1. The number of aromatic nitrogens is 1. The zero-order valence-electron chi connectivity index (χ0n) is 9.92. The molecule has 0 atom stereocenters. The smallest absolute Gasteiger partial charge is 0.410 e. The zero-order valence-corrected chi connectivity index (χ0v) is 9.92. The highest BCUT2D eigenvalue weighted by molar-refractivity contribution is 5.81. The summed E-state index contributed by atoms with van der Waals surface area (Å²) in [5, 5.41) is 10.6. The second-order valence-electron chi connectivity index (χ2n) is 3.78. The van der Waals surface area contributed by atoms with Gasteiger partial charge in [-0.15, -0.1) is 0 Å². The maximum atomic E-state index is 11.7. The van der Waals surface area contributed by atoms with Gasteiger partial charge in [0.15, 0.2) is 5.75 Å². The van der Waals surface area contributed by atoms with Gasteiger partial charge in [0.1, 0.15) is 12.4 Å². The number of benzene rings is 1. The minimum Gasteiger partial charge on any atom is -0.483 e. The number of anilines is 1. The summed E-state index contributed by atoms with van der Waals surface area (Å²) in [6, 6.07) is 10.5. The molecule has 0 bridgehead atoms. The Hall–Kier alpha value is -2.76. The van der Waals surface area contributed by atoms with Crippen LogP contribution in [0.4, 0.5) is 10.6 Å². The minimum absolute atomic E-state index is 0.101. The predicted octanol–water partition coefficient (Wildman–Crippen LogP) is 2.04. The van der Waals surface area contributed by atoms with Crippen molar-refractivity contribution >= 4 is 11.9 Å². The molecule has 0 aliphatic carbocycles. The molecule has 0 unspecified atom stereocenters. The number of hydrogen-bond acceptors (Lipinski definition) is 3. The quantitative estimate of drug-likeness (QED) is 0.784. The first-order valence-electron chi connectivity index (χ1n) is 5.54. The number of amides is 1. The third kappa shape index (κ3) is 3.60. The van der Waals surface area contributed by atoms with Gasteiger partial charge in [-0.05, 0) is 5.56 Å². The third-order valence-electron chi connectivity index (χ3n) is 2.36. The fourth-order valence-electron chi connectivity index (χ4n) is 1.49. The summed E-state index contributed by atoms with van der Waals surface area (Å²) in [7, 11) is 0. The summed E-state index contributed by atoms with van der Waals surface area (Å²) in [6.45, 7) is 0.273. The molecule has 1 aromatic carbocycles. The van der Waals surface area contributed by atoms with E-state index < -0.39 is 11.5 Å². The molecule has 0 saturated heterocycles. The van der Waals surface area contributed by atoms with Crippen LogP contribution in [0.5, 0.6) is 5.75 Å². The number of ether oxygens (including phenoxy) is 1. The fourth-order valence-corrected chi connectivity index (χ4v) is 1.49. The third-order valence-corrected chi connectivity index (χ3v) is 2.36. The van der Waals surface area contributed by atoms with Gasteiger partial charge in [-0.25, -0.2) is 4.79 Å². The van der Waals surface area contributed by atoms with E-state index in [2.05, 4.69) is 10.3 Å². The lowest BCUT2D eigenvalue weighted by atomic mass is 10.2. The topological polar surface area (TPSA) is 91.4 Å². The van der Waals surface area contributed by atoms with E-state index in [1.807, 2.05) is 30.3 Å². The van der Waals surface area contributed by atoms with Gasteiger partial charge >= 0.3 is 6.09 Å². The van der Waals surface area contributed by atoms with E-state index in [1.54, 1.807) is 0 Å². The standard InChI is InChI=1S/C13H12N2O4/c16-10-6-12(15-13(17)18)14-7-11(10)19-8-9-4-2-1-3-5-9/h1-7H,8H2,(H,17,18)(H2,14,15,16). The van der Waals surface area contributed by atoms with Crippen LogP contribution in [0.2, 0.25) is 0 Å². The maximum absolute atomic E-state index is 11.7. The Kier molecular flexibility index (Phi) is 3.82. The van der Waals surface area contributed by atoms with Gasteiger partial charge in [-0.2, -0.15) is 0 Å². The van der Waals surface area contributed by atoms with Crippen molar-refractivity contribution in [3.05, 3.63) is 58.4 Å². The lowest BCUT2D eigenvalue weighted by Gasteiger charge is -2.06. The Bertz CT molecular complexity index is 622. The van der Waals surface area contributed by atoms with Crippen molar-refractivity contribution in [3.8, 4) is 5.75 Å². The largest absolute Gasteiger partial charge is 0.483 e. The van der Waals surface area contributed by atoms with Crippen molar-refractivity contribution in [1.29, 1.82) is 0 Å². The molecule has 0 saturated carbocycles. The van der Waals surface area contributed by atoms with E-state index in [0.717, 1.165) is 11.6 Å².